The number of ether oxygens (including phenoxy) is 1. The van der Waals surface area contributed by atoms with Crippen LogP contribution in [0, 0.1) is 5.82 Å². The number of nitrogen functional groups attached to an aromatic ring is 1. The summed E-state index contributed by atoms with van der Waals surface area (Å²) in [5, 5.41) is 4.23. The maximum atomic E-state index is 13.1. The number of nitrogens with zero attached hydrogens (tertiary/aromatic N) is 5. The Hall–Kier alpha value is -3.55. The molecule has 8 heteroatoms. The first-order valence-electron chi connectivity index (χ1n) is 7.95. The fraction of sp³-hybridized carbons (Fsp3) is 0.111. The molecule has 0 fully saturated rings. The topological polar surface area (TPSA) is 91.2 Å². The van der Waals surface area contributed by atoms with E-state index in [1.54, 1.807) is 41.2 Å². The average Bonchev–Trinajstić information content (AvgIpc) is 2.98. The third-order valence-corrected chi connectivity index (χ3v) is 3.96. The molecule has 0 saturated heterocycles. The summed E-state index contributed by atoms with van der Waals surface area (Å²) in [5.41, 5.74) is 8.65. The minimum atomic E-state index is -0.308. The standard InChI is InChI=1S/C18H15FN6O/c1-11(12-3-5-13(19)6-4-12)26-15-9-14(22-10-23-15)16-17(20)24-25-8-2-7-21-18(16)25/h2-11H,1H3,(H2,20,24). The van der Waals surface area contributed by atoms with E-state index in [0.717, 1.165) is 5.56 Å². The first-order valence-corrected chi connectivity index (χ1v) is 7.95. The summed E-state index contributed by atoms with van der Waals surface area (Å²) in [6.45, 7) is 1.86. The molecule has 1 aromatic carbocycles. The fourth-order valence-electron chi connectivity index (χ4n) is 2.67. The number of nitrogens with two attached hydrogens (primary N) is 1. The first-order chi connectivity index (χ1) is 12.6. The van der Waals surface area contributed by atoms with E-state index in [4.69, 9.17) is 10.5 Å². The molecule has 7 nitrogen and oxygen atoms in total. The minimum Gasteiger partial charge on any atom is -0.470 e. The molecule has 0 bridgehead atoms. The second-order valence-corrected chi connectivity index (χ2v) is 5.70. The van der Waals surface area contributed by atoms with Crippen LogP contribution in [0.2, 0.25) is 0 Å². The van der Waals surface area contributed by atoms with Crippen LogP contribution in [0.5, 0.6) is 5.88 Å². The van der Waals surface area contributed by atoms with Gasteiger partial charge in [-0.3, -0.25) is 0 Å². The molecule has 0 spiro atoms. The van der Waals surface area contributed by atoms with Gasteiger partial charge in [-0.25, -0.2) is 23.9 Å². The Morgan fingerprint density at radius 1 is 1.15 bits per heavy atom. The molecule has 0 aliphatic heterocycles. The second-order valence-electron chi connectivity index (χ2n) is 5.70. The molecule has 0 aliphatic rings. The van der Waals surface area contributed by atoms with E-state index in [0.29, 0.717) is 28.6 Å². The number of benzene rings is 1. The van der Waals surface area contributed by atoms with Crippen molar-refractivity contribution in [3.8, 4) is 17.1 Å². The highest BCUT2D eigenvalue weighted by Gasteiger charge is 2.16. The van der Waals surface area contributed by atoms with Crippen molar-refractivity contribution in [1.29, 1.82) is 0 Å². The number of anilines is 1. The van der Waals surface area contributed by atoms with Crippen LogP contribution in [0.4, 0.5) is 10.2 Å². The summed E-state index contributed by atoms with van der Waals surface area (Å²) < 4.78 is 20.5. The lowest BCUT2D eigenvalue weighted by Gasteiger charge is -2.14. The van der Waals surface area contributed by atoms with Gasteiger partial charge in [-0.2, -0.15) is 0 Å². The number of aromatic nitrogens is 5. The van der Waals surface area contributed by atoms with Gasteiger partial charge < -0.3 is 10.5 Å². The summed E-state index contributed by atoms with van der Waals surface area (Å²) in [6.07, 6.45) is 4.51. The van der Waals surface area contributed by atoms with E-state index >= 15 is 0 Å². The fourth-order valence-corrected chi connectivity index (χ4v) is 2.67. The second kappa shape index (κ2) is 6.40. The van der Waals surface area contributed by atoms with Crippen molar-refractivity contribution in [3.63, 3.8) is 0 Å². The SMILES string of the molecule is CC(Oc1cc(-c2c(N)nn3cccnc23)ncn1)c1ccc(F)cc1. The summed E-state index contributed by atoms with van der Waals surface area (Å²) in [7, 11) is 0. The van der Waals surface area contributed by atoms with Gasteiger partial charge >= 0.3 is 0 Å². The largest absolute Gasteiger partial charge is 0.470 e. The quantitative estimate of drug-likeness (QED) is 0.608. The number of hydrogen-bond donors (Lipinski definition) is 1. The maximum Gasteiger partial charge on any atom is 0.217 e. The van der Waals surface area contributed by atoms with Crippen molar-refractivity contribution in [1.82, 2.24) is 24.6 Å². The van der Waals surface area contributed by atoms with Gasteiger partial charge in [0.15, 0.2) is 11.5 Å². The van der Waals surface area contributed by atoms with Crippen LogP contribution >= 0.6 is 0 Å². The van der Waals surface area contributed by atoms with E-state index in [-0.39, 0.29) is 11.9 Å². The lowest BCUT2D eigenvalue weighted by molar-refractivity contribution is 0.217. The zero-order valence-electron chi connectivity index (χ0n) is 13.9. The summed E-state index contributed by atoms with van der Waals surface area (Å²) >= 11 is 0. The minimum absolute atomic E-state index is 0.290. The third kappa shape index (κ3) is 2.92. The van der Waals surface area contributed by atoms with Gasteiger partial charge in [0.25, 0.3) is 0 Å². The molecule has 4 aromatic rings. The molecule has 130 valence electrons. The van der Waals surface area contributed by atoms with E-state index < -0.39 is 0 Å². The van der Waals surface area contributed by atoms with Crippen molar-refractivity contribution in [2.45, 2.75) is 13.0 Å². The van der Waals surface area contributed by atoms with Crippen LogP contribution in [0.25, 0.3) is 16.9 Å². The lowest BCUT2D eigenvalue weighted by atomic mass is 10.1. The Morgan fingerprint density at radius 3 is 2.77 bits per heavy atom. The van der Waals surface area contributed by atoms with E-state index in [2.05, 4.69) is 20.1 Å². The van der Waals surface area contributed by atoms with Crippen LogP contribution in [0.1, 0.15) is 18.6 Å². The average molecular weight is 350 g/mol. The zero-order chi connectivity index (χ0) is 18.1. The Bertz CT molecular complexity index is 1060. The van der Waals surface area contributed by atoms with Gasteiger partial charge in [0.05, 0.1) is 11.3 Å². The number of fused-ring (bicyclic) bond motifs is 1. The lowest BCUT2D eigenvalue weighted by Crippen LogP contribution is -2.05. The van der Waals surface area contributed by atoms with Crippen molar-refractivity contribution < 1.29 is 9.13 Å². The molecular weight excluding hydrogens is 335 g/mol. The Morgan fingerprint density at radius 2 is 1.96 bits per heavy atom. The van der Waals surface area contributed by atoms with Crippen LogP contribution in [-0.4, -0.2) is 24.6 Å². The first kappa shape index (κ1) is 15.9. The van der Waals surface area contributed by atoms with Crippen molar-refractivity contribution in [2.24, 2.45) is 0 Å². The van der Waals surface area contributed by atoms with E-state index in [1.807, 2.05) is 6.92 Å². The van der Waals surface area contributed by atoms with Crippen molar-refractivity contribution >= 4 is 11.5 Å². The normalized spacial score (nSPS) is 12.2. The molecule has 0 aliphatic carbocycles. The molecule has 0 amide bonds. The van der Waals surface area contributed by atoms with Gasteiger partial charge in [0.2, 0.25) is 5.88 Å². The van der Waals surface area contributed by atoms with Crippen LogP contribution in [0.3, 0.4) is 0 Å². The molecule has 1 atom stereocenters. The highest BCUT2D eigenvalue weighted by Crippen LogP contribution is 2.29. The molecule has 0 radical (unpaired) electrons. The highest BCUT2D eigenvalue weighted by molar-refractivity contribution is 5.84. The number of halogens is 1. The van der Waals surface area contributed by atoms with Gasteiger partial charge in [-0.1, -0.05) is 12.1 Å². The van der Waals surface area contributed by atoms with Gasteiger partial charge in [-0.05, 0) is 30.7 Å². The molecule has 2 N–H and O–H groups in total. The van der Waals surface area contributed by atoms with Gasteiger partial charge in [0, 0.05) is 18.5 Å². The maximum absolute atomic E-state index is 13.1. The Kier molecular flexibility index (Phi) is 3.92. The molecule has 1 unspecified atom stereocenters. The predicted octanol–water partition coefficient (Wildman–Crippen LogP) is 3.05. The van der Waals surface area contributed by atoms with Crippen LogP contribution < -0.4 is 10.5 Å². The summed E-state index contributed by atoms with van der Waals surface area (Å²) in [5.74, 6) is 0.405. The van der Waals surface area contributed by atoms with E-state index in [1.165, 1.54) is 18.5 Å². The Balaban J connectivity index is 1.66. The summed E-state index contributed by atoms with van der Waals surface area (Å²) in [4.78, 5) is 12.7. The van der Waals surface area contributed by atoms with Crippen molar-refractivity contribution in [3.05, 3.63) is 66.5 Å². The smallest absolute Gasteiger partial charge is 0.217 e. The number of rotatable bonds is 4. The molecular formula is C18H15FN6O. The predicted molar refractivity (Wildman–Crippen MR) is 93.9 cm³/mol. The number of hydrogen-bond acceptors (Lipinski definition) is 6. The molecule has 0 saturated carbocycles. The highest BCUT2D eigenvalue weighted by atomic mass is 19.1. The van der Waals surface area contributed by atoms with Crippen LogP contribution in [0.15, 0.2) is 55.1 Å². The van der Waals surface area contributed by atoms with Gasteiger partial charge in [0.1, 0.15) is 18.2 Å². The molecule has 4 rings (SSSR count). The molecule has 3 heterocycles. The Labute approximate surface area is 148 Å². The zero-order valence-corrected chi connectivity index (χ0v) is 13.9. The van der Waals surface area contributed by atoms with Crippen molar-refractivity contribution in [2.75, 3.05) is 5.73 Å². The monoisotopic (exact) mass is 350 g/mol. The van der Waals surface area contributed by atoms with Gasteiger partial charge in [-0.15, -0.1) is 5.10 Å². The molecule has 3 aromatic heterocycles. The molecule has 26 heavy (non-hydrogen) atoms. The van der Waals surface area contributed by atoms with Crippen LogP contribution in [-0.2, 0) is 0 Å². The summed E-state index contributed by atoms with van der Waals surface area (Å²) in [6, 6.07) is 9.59. The van der Waals surface area contributed by atoms with E-state index in [9.17, 15) is 4.39 Å². The third-order valence-electron chi connectivity index (χ3n) is 3.96.